The average molecular weight is 338 g/mol. The highest BCUT2D eigenvalue weighted by atomic mass is 79.9. The Labute approximate surface area is 116 Å². The van der Waals surface area contributed by atoms with Gasteiger partial charge in [0.15, 0.2) is 0 Å². The average Bonchev–Trinajstić information content (AvgIpc) is 2.62. The standard InChI is InChI=1S/C10H12BrNO3S2/c1-6(13)12-9(10(14)15)5-16-4-8-2-7(11)3-17-8/h2-3,9H,4-5H2,1H3,(H,12,13)(H,14,15). The molecule has 94 valence electrons. The van der Waals surface area contributed by atoms with Crippen molar-refractivity contribution in [2.24, 2.45) is 0 Å². The van der Waals surface area contributed by atoms with Crippen molar-refractivity contribution in [3.63, 3.8) is 0 Å². The van der Waals surface area contributed by atoms with E-state index in [4.69, 9.17) is 5.11 Å². The fourth-order valence-corrected chi connectivity index (χ4v) is 3.75. The third-order valence-electron chi connectivity index (χ3n) is 1.83. The summed E-state index contributed by atoms with van der Waals surface area (Å²) in [6.07, 6.45) is 0. The van der Waals surface area contributed by atoms with Crippen molar-refractivity contribution in [1.82, 2.24) is 5.32 Å². The molecule has 7 heteroatoms. The summed E-state index contributed by atoms with van der Waals surface area (Å²) in [6, 6.07) is 1.19. The molecule has 1 rings (SSSR count). The molecule has 0 spiro atoms. The van der Waals surface area contributed by atoms with Crippen molar-refractivity contribution >= 4 is 50.9 Å². The zero-order valence-corrected chi connectivity index (χ0v) is 12.3. The monoisotopic (exact) mass is 337 g/mol. The highest BCUT2D eigenvalue weighted by molar-refractivity contribution is 9.10. The van der Waals surface area contributed by atoms with Crippen LogP contribution < -0.4 is 5.32 Å². The van der Waals surface area contributed by atoms with Gasteiger partial charge in [-0.2, -0.15) is 11.8 Å². The molecule has 4 nitrogen and oxygen atoms in total. The number of halogens is 1. The summed E-state index contributed by atoms with van der Waals surface area (Å²) in [5, 5.41) is 13.3. The van der Waals surface area contributed by atoms with Crippen LogP contribution in [0.3, 0.4) is 0 Å². The van der Waals surface area contributed by atoms with Crippen molar-refractivity contribution in [2.75, 3.05) is 5.75 Å². The van der Waals surface area contributed by atoms with Crippen molar-refractivity contribution in [1.29, 1.82) is 0 Å². The van der Waals surface area contributed by atoms with Crippen LogP contribution in [0.1, 0.15) is 11.8 Å². The maximum atomic E-state index is 10.8. The lowest BCUT2D eigenvalue weighted by Crippen LogP contribution is -2.41. The van der Waals surface area contributed by atoms with Gasteiger partial charge in [0.2, 0.25) is 5.91 Å². The number of hydrogen-bond acceptors (Lipinski definition) is 4. The summed E-state index contributed by atoms with van der Waals surface area (Å²) < 4.78 is 1.04. The quantitative estimate of drug-likeness (QED) is 0.836. The van der Waals surface area contributed by atoms with Gasteiger partial charge < -0.3 is 10.4 Å². The topological polar surface area (TPSA) is 66.4 Å². The lowest BCUT2D eigenvalue weighted by molar-refractivity contribution is -0.140. The molecular formula is C10H12BrNO3S2. The number of carbonyl (C=O) groups is 2. The van der Waals surface area contributed by atoms with E-state index >= 15 is 0 Å². The Morgan fingerprint density at radius 1 is 1.65 bits per heavy atom. The molecule has 1 amide bonds. The van der Waals surface area contributed by atoms with Gasteiger partial charge in [-0.05, 0) is 22.0 Å². The zero-order chi connectivity index (χ0) is 12.8. The van der Waals surface area contributed by atoms with E-state index < -0.39 is 12.0 Å². The third-order valence-corrected chi connectivity index (χ3v) is 4.79. The lowest BCUT2D eigenvalue weighted by Gasteiger charge is -2.12. The van der Waals surface area contributed by atoms with Crippen LogP contribution in [0, 0.1) is 0 Å². The van der Waals surface area contributed by atoms with Gasteiger partial charge in [-0.25, -0.2) is 4.79 Å². The van der Waals surface area contributed by atoms with Gasteiger partial charge >= 0.3 is 5.97 Å². The summed E-state index contributed by atoms with van der Waals surface area (Å²) in [7, 11) is 0. The smallest absolute Gasteiger partial charge is 0.327 e. The number of hydrogen-bond donors (Lipinski definition) is 2. The normalized spacial score (nSPS) is 12.1. The van der Waals surface area contributed by atoms with Crippen LogP contribution >= 0.6 is 39.0 Å². The second-order valence-corrected chi connectivity index (χ2v) is 6.28. The minimum Gasteiger partial charge on any atom is -0.480 e. The van der Waals surface area contributed by atoms with Gasteiger partial charge in [-0.15, -0.1) is 11.3 Å². The molecule has 0 aromatic carbocycles. The molecule has 0 radical (unpaired) electrons. The molecule has 1 aromatic rings. The fourth-order valence-electron chi connectivity index (χ4n) is 1.13. The first kappa shape index (κ1) is 14.5. The van der Waals surface area contributed by atoms with Crippen molar-refractivity contribution in [3.8, 4) is 0 Å². The maximum Gasteiger partial charge on any atom is 0.327 e. The molecule has 0 aliphatic heterocycles. The Morgan fingerprint density at radius 3 is 2.82 bits per heavy atom. The Hall–Kier alpha value is -0.530. The van der Waals surface area contributed by atoms with Crippen LogP contribution in [0.2, 0.25) is 0 Å². The number of rotatable bonds is 6. The number of amides is 1. The molecule has 1 aromatic heterocycles. The predicted molar refractivity (Wildman–Crippen MR) is 73.4 cm³/mol. The van der Waals surface area contributed by atoms with E-state index in [1.54, 1.807) is 11.3 Å². The SMILES string of the molecule is CC(=O)NC(CSCc1cc(Br)cs1)C(=O)O. The second-order valence-electron chi connectivity index (χ2n) is 3.34. The van der Waals surface area contributed by atoms with E-state index in [-0.39, 0.29) is 5.91 Å². The molecule has 0 saturated carbocycles. The third kappa shape index (κ3) is 5.56. The molecule has 0 bridgehead atoms. The molecule has 17 heavy (non-hydrogen) atoms. The van der Waals surface area contributed by atoms with Crippen LogP contribution in [-0.4, -0.2) is 28.8 Å². The molecule has 1 unspecified atom stereocenters. The van der Waals surface area contributed by atoms with Gasteiger partial charge in [-0.3, -0.25) is 4.79 Å². The largest absolute Gasteiger partial charge is 0.480 e. The molecule has 0 saturated heterocycles. The molecule has 0 aliphatic rings. The van der Waals surface area contributed by atoms with E-state index in [2.05, 4.69) is 21.2 Å². The summed E-state index contributed by atoms with van der Waals surface area (Å²) in [6.45, 7) is 1.32. The van der Waals surface area contributed by atoms with E-state index in [0.29, 0.717) is 5.75 Å². The summed E-state index contributed by atoms with van der Waals surface area (Å²) in [5.41, 5.74) is 0. The van der Waals surface area contributed by atoms with Crippen LogP contribution in [0.15, 0.2) is 15.9 Å². The maximum absolute atomic E-state index is 10.8. The minimum absolute atomic E-state index is 0.322. The van der Waals surface area contributed by atoms with Crippen LogP contribution in [0.25, 0.3) is 0 Å². The van der Waals surface area contributed by atoms with Crippen LogP contribution in [0.4, 0.5) is 0 Å². The molecular weight excluding hydrogens is 326 g/mol. The Morgan fingerprint density at radius 2 is 2.35 bits per heavy atom. The Balaban J connectivity index is 2.37. The Bertz CT molecular complexity index is 408. The lowest BCUT2D eigenvalue weighted by atomic mass is 10.3. The highest BCUT2D eigenvalue weighted by Crippen LogP contribution is 2.24. The second kappa shape index (κ2) is 7.03. The summed E-state index contributed by atoms with van der Waals surface area (Å²) in [5.74, 6) is -0.207. The van der Waals surface area contributed by atoms with Crippen LogP contribution in [0.5, 0.6) is 0 Å². The molecule has 2 N–H and O–H groups in total. The van der Waals surface area contributed by atoms with Gasteiger partial charge in [0.05, 0.1) is 0 Å². The van der Waals surface area contributed by atoms with E-state index in [1.165, 1.54) is 23.6 Å². The first-order valence-corrected chi connectivity index (χ1v) is 7.62. The Kier molecular flexibility index (Phi) is 6.01. The van der Waals surface area contributed by atoms with Gasteiger partial charge in [0, 0.05) is 33.2 Å². The fraction of sp³-hybridized carbons (Fsp3) is 0.400. The molecule has 0 fully saturated rings. The van der Waals surface area contributed by atoms with E-state index in [9.17, 15) is 9.59 Å². The molecule has 1 heterocycles. The zero-order valence-electron chi connectivity index (χ0n) is 9.10. The number of nitrogens with one attached hydrogen (secondary N) is 1. The first-order chi connectivity index (χ1) is 7.99. The number of carboxylic acids is 1. The molecule has 1 atom stereocenters. The highest BCUT2D eigenvalue weighted by Gasteiger charge is 2.18. The van der Waals surface area contributed by atoms with Crippen molar-refractivity contribution in [2.45, 2.75) is 18.7 Å². The van der Waals surface area contributed by atoms with E-state index in [0.717, 1.165) is 10.2 Å². The number of aliphatic carboxylic acids is 1. The van der Waals surface area contributed by atoms with Gasteiger partial charge in [-0.1, -0.05) is 0 Å². The minimum atomic E-state index is -1.000. The number of thiophene rings is 1. The van der Waals surface area contributed by atoms with E-state index in [1.807, 2.05) is 11.4 Å². The van der Waals surface area contributed by atoms with Crippen molar-refractivity contribution < 1.29 is 14.7 Å². The first-order valence-electron chi connectivity index (χ1n) is 4.79. The number of carboxylic acid groups (broad SMARTS) is 1. The molecule has 0 aliphatic carbocycles. The predicted octanol–water partition coefficient (Wildman–Crippen LogP) is 2.33. The van der Waals surface area contributed by atoms with Crippen LogP contribution in [-0.2, 0) is 15.3 Å². The van der Waals surface area contributed by atoms with Gasteiger partial charge in [0.1, 0.15) is 6.04 Å². The number of thioether (sulfide) groups is 1. The van der Waals surface area contributed by atoms with Gasteiger partial charge in [0.25, 0.3) is 0 Å². The van der Waals surface area contributed by atoms with Crippen molar-refractivity contribution in [3.05, 3.63) is 20.8 Å². The number of carbonyl (C=O) groups excluding carboxylic acids is 1. The summed E-state index contributed by atoms with van der Waals surface area (Å²) in [4.78, 5) is 22.8. The summed E-state index contributed by atoms with van der Waals surface area (Å²) >= 11 is 6.47.